The van der Waals surface area contributed by atoms with Gasteiger partial charge in [0.2, 0.25) is 0 Å². The minimum absolute atomic E-state index is 0.00615. The summed E-state index contributed by atoms with van der Waals surface area (Å²) in [5.74, 6) is 0. The Morgan fingerprint density at radius 2 is 2.07 bits per heavy atom. The van der Waals surface area contributed by atoms with E-state index < -0.39 is 0 Å². The molecule has 1 aromatic rings. The van der Waals surface area contributed by atoms with Crippen LogP contribution in [0.2, 0.25) is 5.02 Å². The summed E-state index contributed by atoms with van der Waals surface area (Å²) < 4.78 is 0. The number of halogens is 1. The third-order valence-electron chi connectivity index (χ3n) is 1.74. The highest BCUT2D eigenvalue weighted by molar-refractivity contribution is 6.33. The SMILES string of the molecule is Cc1ccc(NC=C(C#N)C#N)c(Cl)c1. The second kappa shape index (κ2) is 5.05. The lowest BCUT2D eigenvalue weighted by molar-refractivity contribution is 1.43. The third kappa shape index (κ3) is 3.02. The number of nitrogens with one attached hydrogen (secondary N) is 1. The van der Waals surface area contributed by atoms with Crippen LogP contribution in [0, 0.1) is 29.6 Å². The zero-order valence-corrected chi connectivity index (χ0v) is 8.84. The van der Waals surface area contributed by atoms with Gasteiger partial charge in [-0.1, -0.05) is 17.7 Å². The number of benzene rings is 1. The quantitative estimate of drug-likeness (QED) is 0.775. The van der Waals surface area contributed by atoms with Gasteiger partial charge in [0.05, 0.1) is 10.7 Å². The Hall–Kier alpha value is -1.97. The van der Waals surface area contributed by atoms with Gasteiger partial charge >= 0.3 is 0 Å². The minimum atomic E-state index is 0.00615. The van der Waals surface area contributed by atoms with Crippen LogP contribution >= 0.6 is 11.6 Å². The second-order valence-corrected chi connectivity index (χ2v) is 3.32. The van der Waals surface area contributed by atoms with Crippen molar-refractivity contribution in [2.24, 2.45) is 0 Å². The Kier molecular flexibility index (Phi) is 3.74. The lowest BCUT2D eigenvalue weighted by atomic mass is 10.2. The van der Waals surface area contributed by atoms with Crippen LogP contribution in [-0.2, 0) is 0 Å². The number of nitriles is 2. The second-order valence-electron chi connectivity index (χ2n) is 2.91. The van der Waals surface area contributed by atoms with Crippen LogP contribution in [0.1, 0.15) is 5.56 Å². The van der Waals surface area contributed by atoms with Crippen LogP contribution in [-0.4, -0.2) is 0 Å². The molecule has 1 N–H and O–H groups in total. The van der Waals surface area contributed by atoms with Gasteiger partial charge in [-0.05, 0) is 24.6 Å². The fourth-order valence-electron chi connectivity index (χ4n) is 0.977. The Morgan fingerprint density at radius 3 is 2.60 bits per heavy atom. The van der Waals surface area contributed by atoms with Crippen molar-refractivity contribution in [3.63, 3.8) is 0 Å². The summed E-state index contributed by atoms with van der Waals surface area (Å²) in [5.41, 5.74) is 1.73. The average molecular weight is 218 g/mol. The zero-order chi connectivity index (χ0) is 11.3. The molecule has 0 amide bonds. The molecule has 0 aliphatic rings. The van der Waals surface area contributed by atoms with Crippen LogP contribution in [0.25, 0.3) is 0 Å². The van der Waals surface area contributed by atoms with Gasteiger partial charge in [0.1, 0.15) is 17.7 Å². The fourth-order valence-corrected chi connectivity index (χ4v) is 1.27. The monoisotopic (exact) mass is 217 g/mol. The number of hydrogen-bond acceptors (Lipinski definition) is 3. The van der Waals surface area contributed by atoms with E-state index in [9.17, 15) is 0 Å². The molecular weight excluding hydrogens is 210 g/mol. The van der Waals surface area contributed by atoms with E-state index in [1.165, 1.54) is 6.20 Å². The Balaban J connectivity index is 2.89. The average Bonchev–Trinajstić information content (AvgIpc) is 2.22. The van der Waals surface area contributed by atoms with Crippen molar-refractivity contribution in [2.75, 3.05) is 5.32 Å². The molecule has 0 bridgehead atoms. The van der Waals surface area contributed by atoms with Gasteiger partial charge < -0.3 is 5.32 Å². The predicted octanol–water partition coefficient (Wildman–Crippen LogP) is 2.99. The molecule has 0 unspecified atom stereocenters. The fraction of sp³-hybridized carbons (Fsp3) is 0.0909. The number of allylic oxidation sites excluding steroid dienone is 1. The maximum absolute atomic E-state index is 8.50. The molecule has 0 spiro atoms. The number of rotatable bonds is 2. The van der Waals surface area contributed by atoms with Crippen LogP contribution in [0.5, 0.6) is 0 Å². The first-order chi connectivity index (χ1) is 7.17. The van der Waals surface area contributed by atoms with Crippen molar-refractivity contribution in [2.45, 2.75) is 6.92 Å². The number of aryl methyl sites for hydroxylation is 1. The third-order valence-corrected chi connectivity index (χ3v) is 2.05. The van der Waals surface area contributed by atoms with Crippen molar-refractivity contribution in [3.8, 4) is 12.1 Å². The Labute approximate surface area is 93.2 Å². The summed E-state index contributed by atoms with van der Waals surface area (Å²) in [5, 5.41) is 20.4. The molecule has 0 radical (unpaired) electrons. The van der Waals surface area contributed by atoms with Crippen molar-refractivity contribution in [3.05, 3.63) is 40.6 Å². The number of anilines is 1. The van der Waals surface area contributed by atoms with Crippen molar-refractivity contribution < 1.29 is 0 Å². The maximum atomic E-state index is 8.50. The van der Waals surface area contributed by atoms with Crippen LogP contribution in [0.15, 0.2) is 30.0 Å². The predicted molar refractivity (Wildman–Crippen MR) is 59.1 cm³/mol. The van der Waals surface area contributed by atoms with Gasteiger partial charge in [-0.2, -0.15) is 10.5 Å². The van der Waals surface area contributed by atoms with Gasteiger partial charge in [0.15, 0.2) is 0 Å². The first-order valence-corrected chi connectivity index (χ1v) is 4.58. The molecule has 0 aliphatic heterocycles. The van der Waals surface area contributed by atoms with Gasteiger partial charge in [0, 0.05) is 6.20 Å². The van der Waals surface area contributed by atoms with Crippen molar-refractivity contribution in [1.29, 1.82) is 10.5 Å². The van der Waals surface area contributed by atoms with Crippen molar-refractivity contribution >= 4 is 17.3 Å². The molecule has 1 aromatic carbocycles. The van der Waals surface area contributed by atoms with Gasteiger partial charge in [0.25, 0.3) is 0 Å². The number of nitrogens with zero attached hydrogens (tertiary/aromatic N) is 2. The highest BCUT2D eigenvalue weighted by Crippen LogP contribution is 2.22. The summed E-state index contributed by atoms with van der Waals surface area (Å²) in [4.78, 5) is 0. The molecule has 0 aliphatic carbocycles. The van der Waals surface area contributed by atoms with E-state index in [4.69, 9.17) is 22.1 Å². The molecule has 0 saturated carbocycles. The minimum Gasteiger partial charge on any atom is -0.359 e. The summed E-state index contributed by atoms with van der Waals surface area (Å²) >= 11 is 5.94. The van der Waals surface area contributed by atoms with E-state index in [-0.39, 0.29) is 5.57 Å². The van der Waals surface area contributed by atoms with Crippen molar-refractivity contribution in [1.82, 2.24) is 0 Å². The Bertz CT molecular complexity index is 462. The standard InChI is InChI=1S/C11H8ClN3/c1-8-2-3-11(10(12)4-8)15-7-9(5-13)6-14/h2-4,7,15H,1H3. The van der Waals surface area contributed by atoms with Crippen LogP contribution in [0.4, 0.5) is 5.69 Å². The summed E-state index contributed by atoms with van der Waals surface area (Å²) in [6, 6.07) is 8.98. The Morgan fingerprint density at radius 1 is 1.40 bits per heavy atom. The molecule has 0 saturated heterocycles. The lowest BCUT2D eigenvalue weighted by Crippen LogP contribution is -1.91. The molecule has 4 heteroatoms. The first-order valence-electron chi connectivity index (χ1n) is 4.20. The molecule has 0 aromatic heterocycles. The highest BCUT2D eigenvalue weighted by Gasteiger charge is 1.98. The summed E-state index contributed by atoms with van der Waals surface area (Å²) in [6.45, 7) is 1.93. The van der Waals surface area contributed by atoms with Gasteiger partial charge in [-0.25, -0.2) is 0 Å². The topological polar surface area (TPSA) is 59.6 Å². The summed E-state index contributed by atoms with van der Waals surface area (Å²) in [7, 11) is 0. The van der Waals surface area contributed by atoms with E-state index >= 15 is 0 Å². The molecule has 0 atom stereocenters. The van der Waals surface area contributed by atoms with E-state index in [1.54, 1.807) is 24.3 Å². The van der Waals surface area contributed by atoms with E-state index in [2.05, 4.69) is 5.32 Å². The van der Waals surface area contributed by atoms with Crippen LogP contribution in [0.3, 0.4) is 0 Å². The van der Waals surface area contributed by atoms with E-state index in [0.29, 0.717) is 10.7 Å². The molecular formula is C11H8ClN3. The van der Waals surface area contributed by atoms with Gasteiger partial charge in [-0.3, -0.25) is 0 Å². The van der Waals surface area contributed by atoms with E-state index in [1.807, 2.05) is 13.0 Å². The lowest BCUT2D eigenvalue weighted by Gasteiger charge is -2.03. The maximum Gasteiger partial charge on any atom is 0.145 e. The number of hydrogen-bond donors (Lipinski definition) is 1. The van der Waals surface area contributed by atoms with Crippen LogP contribution < -0.4 is 5.32 Å². The van der Waals surface area contributed by atoms with E-state index in [0.717, 1.165) is 5.56 Å². The first kappa shape index (κ1) is 11.1. The van der Waals surface area contributed by atoms with Gasteiger partial charge in [-0.15, -0.1) is 0 Å². The smallest absolute Gasteiger partial charge is 0.145 e. The molecule has 0 fully saturated rings. The zero-order valence-electron chi connectivity index (χ0n) is 8.08. The summed E-state index contributed by atoms with van der Waals surface area (Å²) in [6.07, 6.45) is 1.33. The normalized spacial score (nSPS) is 8.53. The largest absolute Gasteiger partial charge is 0.359 e. The molecule has 3 nitrogen and oxygen atoms in total. The molecule has 1 rings (SSSR count). The highest BCUT2D eigenvalue weighted by atomic mass is 35.5. The molecule has 74 valence electrons. The molecule has 15 heavy (non-hydrogen) atoms. The molecule has 0 heterocycles.